The number of aromatic nitrogens is 2. The predicted octanol–water partition coefficient (Wildman–Crippen LogP) is 3.56. The minimum absolute atomic E-state index is 0.533. The first kappa shape index (κ1) is 13.4. The molecule has 1 heterocycles. The average molecular weight is 329 g/mol. The summed E-state index contributed by atoms with van der Waals surface area (Å²) in [6.07, 6.45) is 3.91. The molecule has 0 N–H and O–H groups in total. The lowest BCUT2D eigenvalue weighted by Crippen LogP contribution is -2.16. The van der Waals surface area contributed by atoms with Gasteiger partial charge in [0, 0.05) is 42.8 Å². The molecule has 0 aliphatic heterocycles. The van der Waals surface area contributed by atoms with Gasteiger partial charge in [-0.05, 0) is 33.6 Å². The van der Waals surface area contributed by atoms with Crippen molar-refractivity contribution in [3.8, 4) is 0 Å². The Morgan fingerprint density at radius 3 is 2.72 bits per heavy atom. The number of rotatable bonds is 4. The van der Waals surface area contributed by atoms with E-state index in [0.717, 1.165) is 22.3 Å². The van der Waals surface area contributed by atoms with Crippen LogP contribution in [0.2, 0.25) is 0 Å². The quantitative estimate of drug-likeness (QED) is 0.800. The summed E-state index contributed by atoms with van der Waals surface area (Å²) in [6.45, 7) is 0.826. The van der Waals surface area contributed by atoms with Crippen LogP contribution in [0.15, 0.2) is 35.1 Å². The van der Waals surface area contributed by atoms with Crippen molar-refractivity contribution in [3.63, 3.8) is 0 Å². The molecular weight excluding hydrogens is 314 g/mol. The van der Waals surface area contributed by atoms with Gasteiger partial charge in [0.05, 0.1) is 11.9 Å². The standard InChI is InChI=1S/C13H15BrClN3/c1-17(8-11-7-16-18(2)9-11)13-4-3-10(6-15)5-12(13)14/h3-5,7,9H,6,8H2,1-2H3. The van der Waals surface area contributed by atoms with Crippen LogP contribution in [0.5, 0.6) is 0 Å². The van der Waals surface area contributed by atoms with Gasteiger partial charge in [0.2, 0.25) is 0 Å². The molecule has 0 fully saturated rings. The van der Waals surface area contributed by atoms with E-state index in [1.165, 1.54) is 5.56 Å². The van der Waals surface area contributed by atoms with E-state index < -0.39 is 0 Å². The van der Waals surface area contributed by atoms with Crippen molar-refractivity contribution in [2.45, 2.75) is 12.4 Å². The first-order valence-electron chi connectivity index (χ1n) is 5.63. The summed E-state index contributed by atoms with van der Waals surface area (Å²) < 4.78 is 2.88. The molecule has 0 spiro atoms. The lowest BCUT2D eigenvalue weighted by atomic mass is 10.2. The van der Waals surface area contributed by atoms with Crippen LogP contribution in [0.3, 0.4) is 0 Å². The van der Waals surface area contributed by atoms with E-state index >= 15 is 0 Å². The minimum Gasteiger partial charge on any atom is -0.369 e. The molecule has 0 aliphatic rings. The zero-order chi connectivity index (χ0) is 13.1. The molecule has 1 aromatic carbocycles. The highest BCUT2D eigenvalue weighted by atomic mass is 79.9. The smallest absolute Gasteiger partial charge is 0.0539 e. The fourth-order valence-electron chi connectivity index (χ4n) is 1.86. The van der Waals surface area contributed by atoms with Gasteiger partial charge in [-0.2, -0.15) is 5.10 Å². The van der Waals surface area contributed by atoms with Gasteiger partial charge in [-0.3, -0.25) is 4.68 Å². The molecule has 0 atom stereocenters. The maximum absolute atomic E-state index is 5.82. The molecule has 0 amide bonds. The third-order valence-electron chi connectivity index (χ3n) is 2.76. The topological polar surface area (TPSA) is 21.1 Å². The Morgan fingerprint density at radius 1 is 1.39 bits per heavy atom. The van der Waals surface area contributed by atoms with Gasteiger partial charge in [0.25, 0.3) is 0 Å². The molecule has 0 bridgehead atoms. The van der Waals surface area contributed by atoms with E-state index in [2.05, 4.69) is 45.1 Å². The van der Waals surface area contributed by atoms with Crippen LogP contribution in [-0.4, -0.2) is 16.8 Å². The van der Waals surface area contributed by atoms with E-state index in [4.69, 9.17) is 11.6 Å². The molecule has 2 aromatic rings. The highest BCUT2D eigenvalue weighted by Crippen LogP contribution is 2.28. The normalized spacial score (nSPS) is 10.7. The average Bonchev–Trinajstić information content (AvgIpc) is 2.74. The van der Waals surface area contributed by atoms with Gasteiger partial charge in [-0.15, -0.1) is 11.6 Å². The van der Waals surface area contributed by atoms with E-state index in [1.54, 1.807) is 0 Å². The molecule has 96 valence electrons. The van der Waals surface area contributed by atoms with Gasteiger partial charge in [0.15, 0.2) is 0 Å². The fraction of sp³-hybridized carbons (Fsp3) is 0.308. The zero-order valence-corrected chi connectivity index (χ0v) is 12.7. The van der Waals surface area contributed by atoms with E-state index in [9.17, 15) is 0 Å². The van der Waals surface area contributed by atoms with E-state index in [-0.39, 0.29) is 0 Å². The van der Waals surface area contributed by atoms with Gasteiger partial charge in [-0.1, -0.05) is 6.07 Å². The van der Waals surface area contributed by atoms with Crippen LogP contribution in [-0.2, 0) is 19.5 Å². The summed E-state index contributed by atoms with van der Waals surface area (Å²) in [5, 5.41) is 4.17. The largest absolute Gasteiger partial charge is 0.369 e. The molecule has 0 saturated heterocycles. The lowest BCUT2D eigenvalue weighted by Gasteiger charge is -2.20. The Labute approximate surface area is 120 Å². The van der Waals surface area contributed by atoms with Gasteiger partial charge in [-0.25, -0.2) is 0 Å². The molecule has 2 rings (SSSR count). The second-order valence-electron chi connectivity index (χ2n) is 4.30. The van der Waals surface area contributed by atoms with Crippen molar-refractivity contribution in [3.05, 3.63) is 46.2 Å². The zero-order valence-electron chi connectivity index (χ0n) is 10.4. The maximum atomic E-state index is 5.82. The van der Waals surface area contributed by atoms with Crippen LogP contribution in [0.25, 0.3) is 0 Å². The first-order valence-corrected chi connectivity index (χ1v) is 6.96. The van der Waals surface area contributed by atoms with Crippen LogP contribution in [0.1, 0.15) is 11.1 Å². The van der Waals surface area contributed by atoms with E-state index in [1.807, 2.05) is 30.2 Å². The fourth-order valence-corrected chi connectivity index (χ4v) is 2.75. The van der Waals surface area contributed by atoms with E-state index in [0.29, 0.717) is 5.88 Å². The van der Waals surface area contributed by atoms with Crippen LogP contribution in [0.4, 0.5) is 5.69 Å². The summed E-state index contributed by atoms with van der Waals surface area (Å²) >= 11 is 9.40. The van der Waals surface area contributed by atoms with Gasteiger partial charge in [0.1, 0.15) is 0 Å². The molecule has 0 unspecified atom stereocenters. The number of halogens is 2. The first-order chi connectivity index (χ1) is 8.60. The summed E-state index contributed by atoms with van der Waals surface area (Å²) in [7, 11) is 3.99. The van der Waals surface area contributed by atoms with Crippen molar-refractivity contribution in [1.29, 1.82) is 0 Å². The highest BCUT2D eigenvalue weighted by Gasteiger charge is 2.08. The molecule has 0 saturated carbocycles. The third kappa shape index (κ3) is 3.06. The van der Waals surface area contributed by atoms with Crippen molar-refractivity contribution in [1.82, 2.24) is 9.78 Å². The number of hydrogen-bond acceptors (Lipinski definition) is 2. The molecular formula is C13H15BrClN3. The van der Waals surface area contributed by atoms with Crippen LogP contribution < -0.4 is 4.90 Å². The summed E-state index contributed by atoms with van der Waals surface area (Å²) in [6, 6.07) is 6.19. The molecule has 0 aliphatic carbocycles. The number of aryl methyl sites for hydroxylation is 1. The predicted molar refractivity (Wildman–Crippen MR) is 79.0 cm³/mol. The number of alkyl halides is 1. The summed E-state index contributed by atoms with van der Waals surface area (Å²) in [4.78, 5) is 2.18. The summed E-state index contributed by atoms with van der Waals surface area (Å²) in [5.41, 5.74) is 3.45. The van der Waals surface area contributed by atoms with Crippen molar-refractivity contribution < 1.29 is 0 Å². The van der Waals surface area contributed by atoms with Crippen LogP contribution >= 0.6 is 27.5 Å². The number of nitrogens with zero attached hydrogens (tertiary/aromatic N) is 3. The monoisotopic (exact) mass is 327 g/mol. The Kier molecular flexibility index (Phi) is 4.30. The summed E-state index contributed by atoms with van der Waals surface area (Å²) in [5.74, 6) is 0.533. The van der Waals surface area contributed by atoms with Crippen molar-refractivity contribution in [2.75, 3.05) is 11.9 Å². The Morgan fingerprint density at radius 2 is 2.17 bits per heavy atom. The second kappa shape index (κ2) is 5.76. The molecule has 1 aromatic heterocycles. The SMILES string of the molecule is CN(Cc1cnn(C)c1)c1ccc(CCl)cc1Br. The lowest BCUT2D eigenvalue weighted by molar-refractivity contribution is 0.766. The Bertz CT molecular complexity index is 539. The minimum atomic E-state index is 0.533. The van der Waals surface area contributed by atoms with Crippen molar-refractivity contribution >= 4 is 33.2 Å². The highest BCUT2D eigenvalue weighted by molar-refractivity contribution is 9.10. The van der Waals surface area contributed by atoms with Gasteiger partial charge < -0.3 is 4.90 Å². The number of anilines is 1. The maximum Gasteiger partial charge on any atom is 0.0539 e. The van der Waals surface area contributed by atoms with Crippen molar-refractivity contribution in [2.24, 2.45) is 7.05 Å². The Hall–Kier alpha value is -1.000. The number of benzene rings is 1. The molecule has 5 heteroatoms. The third-order valence-corrected chi connectivity index (χ3v) is 3.70. The van der Waals surface area contributed by atoms with Crippen LogP contribution in [0, 0.1) is 0 Å². The van der Waals surface area contributed by atoms with Gasteiger partial charge >= 0.3 is 0 Å². The Balaban J connectivity index is 2.15. The molecule has 0 radical (unpaired) electrons. The molecule has 3 nitrogen and oxygen atoms in total. The number of hydrogen-bond donors (Lipinski definition) is 0. The molecule has 18 heavy (non-hydrogen) atoms. The second-order valence-corrected chi connectivity index (χ2v) is 5.42.